The number of nitrogens with two attached hydrogens (primary N) is 1. The lowest BCUT2D eigenvalue weighted by Crippen LogP contribution is -2.55. The third-order valence-corrected chi connectivity index (χ3v) is 3.60. The topological polar surface area (TPSA) is 55.1 Å². The van der Waals surface area contributed by atoms with Crippen molar-refractivity contribution in [3.8, 4) is 0 Å². The fourth-order valence-corrected chi connectivity index (χ4v) is 2.14. The number of primary amides is 1. The molecular formula is C15H24N2O. The number of hydrogen-bond donors (Lipinski definition) is 2. The molecule has 3 nitrogen and oxygen atoms in total. The van der Waals surface area contributed by atoms with Gasteiger partial charge in [-0.2, -0.15) is 0 Å². The normalized spacial score (nSPS) is 16.0. The van der Waals surface area contributed by atoms with Crippen molar-refractivity contribution in [2.75, 3.05) is 0 Å². The van der Waals surface area contributed by atoms with E-state index < -0.39 is 5.54 Å². The maximum atomic E-state index is 11.9. The first-order valence-corrected chi connectivity index (χ1v) is 6.61. The van der Waals surface area contributed by atoms with Crippen LogP contribution in [0.1, 0.15) is 44.7 Å². The van der Waals surface area contributed by atoms with Gasteiger partial charge in [-0.1, -0.05) is 43.7 Å². The van der Waals surface area contributed by atoms with Crippen LogP contribution in [-0.2, 0) is 10.3 Å². The molecule has 0 aliphatic carbocycles. The highest BCUT2D eigenvalue weighted by atomic mass is 16.1. The van der Waals surface area contributed by atoms with Crippen LogP contribution in [0.5, 0.6) is 0 Å². The van der Waals surface area contributed by atoms with E-state index in [0.717, 1.165) is 12.0 Å². The molecule has 0 spiro atoms. The van der Waals surface area contributed by atoms with Gasteiger partial charge in [0, 0.05) is 6.04 Å². The number of amides is 1. The third-order valence-electron chi connectivity index (χ3n) is 3.60. The Morgan fingerprint density at radius 1 is 1.33 bits per heavy atom. The van der Waals surface area contributed by atoms with E-state index in [9.17, 15) is 4.79 Å². The molecule has 3 N–H and O–H groups in total. The van der Waals surface area contributed by atoms with Gasteiger partial charge in [-0.3, -0.25) is 10.1 Å². The van der Waals surface area contributed by atoms with Crippen LogP contribution in [0.15, 0.2) is 24.3 Å². The molecule has 0 fully saturated rings. The fourth-order valence-electron chi connectivity index (χ4n) is 2.14. The number of carbonyl (C=O) groups excluding carboxylic acids is 1. The Balaban J connectivity index is 3.18. The molecule has 0 radical (unpaired) electrons. The van der Waals surface area contributed by atoms with Gasteiger partial charge in [-0.25, -0.2) is 0 Å². The molecule has 2 unspecified atom stereocenters. The minimum atomic E-state index is -0.761. The predicted molar refractivity (Wildman–Crippen MR) is 75.2 cm³/mol. The van der Waals surface area contributed by atoms with E-state index >= 15 is 0 Å². The Morgan fingerprint density at radius 2 is 1.89 bits per heavy atom. The van der Waals surface area contributed by atoms with Crippen molar-refractivity contribution in [3.63, 3.8) is 0 Å². The van der Waals surface area contributed by atoms with Crippen LogP contribution in [0.3, 0.4) is 0 Å². The van der Waals surface area contributed by atoms with Crippen LogP contribution < -0.4 is 11.1 Å². The maximum Gasteiger partial charge on any atom is 0.242 e. The van der Waals surface area contributed by atoms with Gasteiger partial charge in [-0.15, -0.1) is 0 Å². The zero-order chi connectivity index (χ0) is 13.8. The Hall–Kier alpha value is -1.35. The second-order valence-corrected chi connectivity index (χ2v) is 4.94. The Kier molecular flexibility index (Phi) is 4.91. The highest BCUT2D eigenvalue weighted by Gasteiger charge is 2.37. The van der Waals surface area contributed by atoms with Gasteiger partial charge in [0.15, 0.2) is 0 Å². The van der Waals surface area contributed by atoms with Crippen molar-refractivity contribution < 1.29 is 4.79 Å². The van der Waals surface area contributed by atoms with Gasteiger partial charge >= 0.3 is 0 Å². The van der Waals surface area contributed by atoms with Gasteiger partial charge in [0.2, 0.25) is 5.91 Å². The average molecular weight is 248 g/mol. The summed E-state index contributed by atoms with van der Waals surface area (Å²) in [6.45, 7) is 8.18. The van der Waals surface area contributed by atoms with Crippen molar-refractivity contribution in [2.45, 2.75) is 52.1 Å². The van der Waals surface area contributed by atoms with Gasteiger partial charge in [0.1, 0.15) is 5.54 Å². The number of rotatable bonds is 6. The third kappa shape index (κ3) is 2.91. The minimum Gasteiger partial charge on any atom is -0.368 e. The molecule has 3 heteroatoms. The first kappa shape index (κ1) is 14.7. The molecule has 18 heavy (non-hydrogen) atoms. The van der Waals surface area contributed by atoms with Crippen LogP contribution in [-0.4, -0.2) is 11.9 Å². The second kappa shape index (κ2) is 6.01. The number of nitrogens with one attached hydrogen (secondary N) is 1. The van der Waals surface area contributed by atoms with Crippen LogP contribution in [0.4, 0.5) is 0 Å². The Morgan fingerprint density at radius 3 is 2.28 bits per heavy atom. The summed E-state index contributed by atoms with van der Waals surface area (Å²) in [5, 5.41) is 3.39. The molecule has 0 heterocycles. The molecule has 0 bridgehead atoms. The number of aryl methyl sites for hydroxylation is 1. The highest BCUT2D eigenvalue weighted by Crippen LogP contribution is 2.26. The largest absolute Gasteiger partial charge is 0.368 e. The molecule has 2 atom stereocenters. The molecule has 1 rings (SSSR count). The lowest BCUT2D eigenvalue weighted by atomic mass is 9.85. The highest BCUT2D eigenvalue weighted by molar-refractivity contribution is 5.86. The zero-order valence-corrected chi connectivity index (χ0v) is 11.8. The van der Waals surface area contributed by atoms with E-state index in [1.165, 1.54) is 5.56 Å². The summed E-state index contributed by atoms with van der Waals surface area (Å²) in [5.74, 6) is -0.311. The van der Waals surface area contributed by atoms with E-state index in [4.69, 9.17) is 5.73 Å². The number of carbonyl (C=O) groups is 1. The van der Waals surface area contributed by atoms with E-state index in [0.29, 0.717) is 6.42 Å². The summed E-state index contributed by atoms with van der Waals surface area (Å²) in [6, 6.07) is 8.25. The van der Waals surface area contributed by atoms with E-state index in [1.54, 1.807) is 0 Å². The van der Waals surface area contributed by atoms with Crippen LogP contribution in [0, 0.1) is 6.92 Å². The molecule has 0 aliphatic rings. The average Bonchev–Trinajstić information content (AvgIpc) is 2.36. The van der Waals surface area contributed by atoms with Crippen LogP contribution in [0.25, 0.3) is 0 Å². The summed E-state index contributed by atoms with van der Waals surface area (Å²) in [5.41, 5.74) is 7.02. The fraction of sp³-hybridized carbons (Fsp3) is 0.533. The van der Waals surface area contributed by atoms with E-state index in [2.05, 4.69) is 19.2 Å². The summed E-state index contributed by atoms with van der Waals surface area (Å²) in [6.07, 6.45) is 1.61. The van der Waals surface area contributed by atoms with Crippen molar-refractivity contribution in [3.05, 3.63) is 35.4 Å². The SMILES string of the molecule is CCC(C)NC(CC)(C(N)=O)c1ccc(C)cc1. The number of hydrogen-bond acceptors (Lipinski definition) is 2. The molecule has 0 saturated heterocycles. The van der Waals surface area contributed by atoms with Crippen LogP contribution >= 0.6 is 0 Å². The van der Waals surface area contributed by atoms with Gasteiger partial charge < -0.3 is 5.73 Å². The lowest BCUT2D eigenvalue weighted by Gasteiger charge is -2.34. The zero-order valence-electron chi connectivity index (χ0n) is 11.8. The second-order valence-electron chi connectivity index (χ2n) is 4.94. The first-order chi connectivity index (χ1) is 8.46. The smallest absolute Gasteiger partial charge is 0.242 e. The first-order valence-electron chi connectivity index (χ1n) is 6.61. The van der Waals surface area contributed by atoms with Crippen molar-refractivity contribution in [2.24, 2.45) is 5.73 Å². The van der Waals surface area contributed by atoms with Crippen LogP contribution in [0.2, 0.25) is 0 Å². The minimum absolute atomic E-state index is 0.249. The van der Waals surface area contributed by atoms with E-state index in [1.807, 2.05) is 38.1 Å². The molecule has 1 aromatic rings. The van der Waals surface area contributed by atoms with Gasteiger partial charge in [0.25, 0.3) is 0 Å². The quantitative estimate of drug-likeness (QED) is 0.812. The van der Waals surface area contributed by atoms with Crippen molar-refractivity contribution in [1.29, 1.82) is 0 Å². The van der Waals surface area contributed by atoms with Gasteiger partial charge in [0.05, 0.1) is 0 Å². The molecule has 1 aromatic carbocycles. The summed E-state index contributed by atoms with van der Waals surface area (Å²) in [7, 11) is 0. The standard InChI is InChI=1S/C15H24N2O/c1-5-12(4)17-15(6-2,14(16)18)13-9-7-11(3)8-10-13/h7-10,12,17H,5-6H2,1-4H3,(H2,16,18). The molecule has 1 amide bonds. The van der Waals surface area contributed by atoms with Crippen molar-refractivity contribution in [1.82, 2.24) is 5.32 Å². The molecular weight excluding hydrogens is 224 g/mol. The van der Waals surface area contributed by atoms with Gasteiger partial charge in [-0.05, 0) is 32.3 Å². The number of benzene rings is 1. The van der Waals surface area contributed by atoms with E-state index in [-0.39, 0.29) is 11.9 Å². The molecule has 0 aromatic heterocycles. The predicted octanol–water partition coefficient (Wildman–Crippen LogP) is 2.47. The summed E-state index contributed by atoms with van der Waals surface area (Å²) >= 11 is 0. The summed E-state index contributed by atoms with van der Waals surface area (Å²) in [4.78, 5) is 11.9. The monoisotopic (exact) mass is 248 g/mol. The molecule has 100 valence electrons. The maximum absolute atomic E-state index is 11.9. The Bertz CT molecular complexity index is 399. The molecule has 0 saturated carbocycles. The lowest BCUT2D eigenvalue weighted by molar-refractivity contribution is -0.125. The molecule has 0 aliphatic heterocycles. The van der Waals surface area contributed by atoms with Crippen molar-refractivity contribution >= 4 is 5.91 Å². The summed E-state index contributed by atoms with van der Waals surface area (Å²) < 4.78 is 0. The Labute approximate surface area is 110 Å².